The van der Waals surface area contributed by atoms with Gasteiger partial charge in [0.15, 0.2) is 0 Å². The minimum Gasteiger partial charge on any atom is -0.447 e. The number of amides is 1. The summed E-state index contributed by atoms with van der Waals surface area (Å²) in [6.45, 7) is 7.15. The number of hydrogen-bond acceptors (Lipinski definition) is 7. The molecule has 4 rings (SSSR count). The zero-order chi connectivity index (χ0) is 20.4. The summed E-state index contributed by atoms with van der Waals surface area (Å²) in [5.74, 6) is 1.01. The molecule has 0 aromatic carbocycles. The first kappa shape index (κ1) is 19.6. The van der Waals surface area contributed by atoms with E-state index in [1.165, 1.54) is 0 Å². The van der Waals surface area contributed by atoms with Gasteiger partial charge >= 0.3 is 6.09 Å². The molecular weight excluding hydrogens is 370 g/mol. The standard InChI is InChI=1S/C21H27N5O3/c1-4-16-13-28-20(27)26(16)18-8-11-22-19(25-18)24-14(3)15-6-7-17(23-12-15)21(9-10-21)29-5-2/h6-8,11-12,14,16H,4-5,9-10,13H2,1-3H3,(H,22,24,25). The number of cyclic esters (lactones) is 1. The first-order valence-corrected chi connectivity index (χ1v) is 10.2. The van der Waals surface area contributed by atoms with Crippen molar-refractivity contribution in [1.29, 1.82) is 0 Å². The van der Waals surface area contributed by atoms with Crippen LogP contribution in [0.15, 0.2) is 30.6 Å². The molecule has 1 amide bonds. The summed E-state index contributed by atoms with van der Waals surface area (Å²) < 4.78 is 11.0. The smallest absolute Gasteiger partial charge is 0.415 e. The van der Waals surface area contributed by atoms with E-state index >= 15 is 0 Å². The van der Waals surface area contributed by atoms with E-state index in [0.717, 1.165) is 30.5 Å². The predicted octanol–water partition coefficient (Wildman–Crippen LogP) is 3.81. The lowest BCUT2D eigenvalue weighted by Gasteiger charge is -2.20. The van der Waals surface area contributed by atoms with Gasteiger partial charge in [0, 0.05) is 19.0 Å². The van der Waals surface area contributed by atoms with Gasteiger partial charge in [0.05, 0.1) is 17.8 Å². The number of nitrogens with one attached hydrogen (secondary N) is 1. The molecule has 29 heavy (non-hydrogen) atoms. The Balaban J connectivity index is 1.46. The number of aromatic nitrogens is 3. The molecule has 8 heteroatoms. The summed E-state index contributed by atoms with van der Waals surface area (Å²) in [5, 5.41) is 3.30. The second-order valence-corrected chi connectivity index (χ2v) is 7.52. The quantitative estimate of drug-likeness (QED) is 0.724. The molecule has 0 spiro atoms. The Morgan fingerprint density at radius 2 is 2.14 bits per heavy atom. The zero-order valence-corrected chi connectivity index (χ0v) is 17.1. The second kappa shape index (κ2) is 7.94. The lowest BCUT2D eigenvalue weighted by molar-refractivity contribution is 0.0363. The molecule has 3 heterocycles. The molecule has 2 aromatic heterocycles. The van der Waals surface area contributed by atoms with Crippen molar-refractivity contribution in [2.45, 2.75) is 57.7 Å². The van der Waals surface area contributed by atoms with Crippen molar-refractivity contribution in [2.75, 3.05) is 23.4 Å². The van der Waals surface area contributed by atoms with Crippen molar-refractivity contribution in [3.8, 4) is 0 Å². The van der Waals surface area contributed by atoms with E-state index in [0.29, 0.717) is 25.0 Å². The lowest BCUT2D eigenvalue weighted by atomic mass is 10.1. The minimum atomic E-state index is -0.363. The first-order valence-electron chi connectivity index (χ1n) is 10.2. The highest BCUT2D eigenvalue weighted by Crippen LogP contribution is 2.48. The molecular formula is C21H27N5O3. The van der Waals surface area contributed by atoms with Crippen LogP contribution in [0.3, 0.4) is 0 Å². The monoisotopic (exact) mass is 397 g/mol. The normalized spacial score (nSPS) is 21.0. The van der Waals surface area contributed by atoms with Gasteiger partial charge in [0.2, 0.25) is 5.95 Å². The average Bonchev–Trinajstić information content (AvgIpc) is 3.42. The van der Waals surface area contributed by atoms with Gasteiger partial charge in [-0.05, 0) is 50.8 Å². The summed E-state index contributed by atoms with van der Waals surface area (Å²) in [5.41, 5.74) is 1.84. The highest BCUT2D eigenvalue weighted by molar-refractivity contribution is 5.89. The fraction of sp³-hybridized carbons (Fsp3) is 0.524. The summed E-state index contributed by atoms with van der Waals surface area (Å²) in [6, 6.07) is 5.79. The number of rotatable bonds is 8. The molecule has 2 fully saturated rings. The zero-order valence-electron chi connectivity index (χ0n) is 17.1. The summed E-state index contributed by atoms with van der Waals surface area (Å²) >= 11 is 0. The van der Waals surface area contributed by atoms with Crippen LogP contribution in [0.4, 0.5) is 16.6 Å². The van der Waals surface area contributed by atoms with E-state index in [1.807, 2.05) is 33.0 Å². The third kappa shape index (κ3) is 3.89. The first-order chi connectivity index (χ1) is 14.1. The van der Waals surface area contributed by atoms with Crippen LogP contribution >= 0.6 is 0 Å². The van der Waals surface area contributed by atoms with E-state index in [2.05, 4.69) is 26.3 Å². The van der Waals surface area contributed by atoms with Gasteiger partial charge in [-0.1, -0.05) is 13.0 Å². The van der Waals surface area contributed by atoms with Gasteiger partial charge in [0.25, 0.3) is 0 Å². The van der Waals surface area contributed by atoms with Crippen LogP contribution in [-0.4, -0.2) is 40.3 Å². The highest BCUT2D eigenvalue weighted by Gasteiger charge is 2.46. The van der Waals surface area contributed by atoms with E-state index in [-0.39, 0.29) is 23.8 Å². The molecule has 1 aliphatic heterocycles. The Morgan fingerprint density at radius 3 is 2.79 bits per heavy atom. The number of anilines is 2. The number of nitrogens with zero attached hydrogens (tertiary/aromatic N) is 4. The minimum absolute atomic E-state index is 0.000461. The summed E-state index contributed by atoms with van der Waals surface area (Å²) in [7, 11) is 0. The van der Waals surface area contributed by atoms with E-state index < -0.39 is 0 Å². The molecule has 1 saturated carbocycles. The van der Waals surface area contributed by atoms with Crippen molar-refractivity contribution in [2.24, 2.45) is 0 Å². The topological polar surface area (TPSA) is 89.5 Å². The van der Waals surface area contributed by atoms with E-state index in [9.17, 15) is 4.79 Å². The van der Waals surface area contributed by atoms with Crippen LogP contribution in [0.5, 0.6) is 0 Å². The van der Waals surface area contributed by atoms with Gasteiger partial charge in [0.1, 0.15) is 18.0 Å². The van der Waals surface area contributed by atoms with Gasteiger partial charge < -0.3 is 14.8 Å². The third-order valence-electron chi connectivity index (χ3n) is 5.54. The number of carbonyl (C=O) groups excluding carboxylic acids is 1. The molecule has 2 atom stereocenters. The maximum absolute atomic E-state index is 12.1. The molecule has 0 radical (unpaired) electrons. The fourth-order valence-electron chi connectivity index (χ4n) is 3.67. The predicted molar refractivity (Wildman–Crippen MR) is 109 cm³/mol. The number of hydrogen-bond donors (Lipinski definition) is 1. The molecule has 8 nitrogen and oxygen atoms in total. The molecule has 154 valence electrons. The van der Waals surface area contributed by atoms with E-state index in [4.69, 9.17) is 9.47 Å². The van der Waals surface area contributed by atoms with Crippen LogP contribution in [-0.2, 0) is 15.1 Å². The molecule has 1 N–H and O–H groups in total. The maximum atomic E-state index is 12.1. The number of carbonyl (C=O) groups is 1. The van der Waals surface area contributed by atoms with Crippen LogP contribution in [0, 0.1) is 0 Å². The maximum Gasteiger partial charge on any atom is 0.415 e. The summed E-state index contributed by atoms with van der Waals surface area (Å²) in [4.78, 5) is 27.1. The molecule has 0 bridgehead atoms. The second-order valence-electron chi connectivity index (χ2n) is 7.52. The van der Waals surface area contributed by atoms with Crippen LogP contribution in [0.25, 0.3) is 0 Å². The largest absolute Gasteiger partial charge is 0.447 e. The third-order valence-corrected chi connectivity index (χ3v) is 5.54. The Morgan fingerprint density at radius 1 is 1.31 bits per heavy atom. The SMILES string of the molecule is CCOC1(c2ccc(C(C)Nc3nccc(N4C(=O)OCC4CC)n3)cn2)CC1. The van der Waals surface area contributed by atoms with Crippen molar-refractivity contribution < 1.29 is 14.3 Å². The van der Waals surface area contributed by atoms with Crippen LogP contribution < -0.4 is 10.2 Å². The van der Waals surface area contributed by atoms with Crippen molar-refractivity contribution in [1.82, 2.24) is 15.0 Å². The van der Waals surface area contributed by atoms with Crippen LogP contribution in [0.2, 0.25) is 0 Å². The van der Waals surface area contributed by atoms with Crippen molar-refractivity contribution in [3.63, 3.8) is 0 Å². The molecule has 2 unspecified atom stereocenters. The Kier molecular flexibility index (Phi) is 5.36. The van der Waals surface area contributed by atoms with Crippen LogP contribution in [0.1, 0.15) is 57.3 Å². The Bertz CT molecular complexity index is 869. The van der Waals surface area contributed by atoms with E-state index in [1.54, 1.807) is 17.2 Å². The number of ether oxygens (including phenoxy) is 2. The molecule has 1 aliphatic carbocycles. The van der Waals surface area contributed by atoms with Gasteiger partial charge in [-0.25, -0.2) is 9.78 Å². The summed E-state index contributed by atoms with van der Waals surface area (Å²) in [6.07, 6.45) is 6.02. The lowest BCUT2D eigenvalue weighted by Crippen LogP contribution is -2.33. The Labute approximate surface area is 170 Å². The van der Waals surface area contributed by atoms with Gasteiger partial charge in [-0.2, -0.15) is 4.98 Å². The van der Waals surface area contributed by atoms with Crippen molar-refractivity contribution >= 4 is 17.9 Å². The highest BCUT2D eigenvalue weighted by atomic mass is 16.6. The fourth-order valence-corrected chi connectivity index (χ4v) is 3.67. The Hall–Kier alpha value is -2.74. The number of pyridine rings is 1. The average molecular weight is 397 g/mol. The molecule has 1 saturated heterocycles. The van der Waals surface area contributed by atoms with Gasteiger partial charge in [-0.3, -0.25) is 9.88 Å². The van der Waals surface area contributed by atoms with Gasteiger partial charge in [-0.15, -0.1) is 0 Å². The molecule has 2 aliphatic rings. The molecule has 2 aromatic rings. The van der Waals surface area contributed by atoms with Crippen molar-refractivity contribution in [3.05, 3.63) is 41.9 Å².